The summed E-state index contributed by atoms with van der Waals surface area (Å²) >= 11 is 0. The summed E-state index contributed by atoms with van der Waals surface area (Å²) in [6.07, 6.45) is 1.40. The summed E-state index contributed by atoms with van der Waals surface area (Å²) in [4.78, 5) is 9.99. The van der Waals surface area contributed by atoms with Crippen LogP contribution in [0.25, 0.3) is 0 Å². The van der Waals surface area contributed by atoms with Gasteiger partial charge >= 0.3 is 0 Å². The SMILES string of the molecule is COc1ccc(S(=O)(=O)N(CCO)C2CC2)c([N+](=O)[O-])c1. The van der Waals surface area contributed by atoms with Gasteiger partial charge in [-0.2, -0.15) is 4.31 Å². The monoisotopic (exact) mass is 316 g/mol. The second kappa shape index (κ2) is 5.96. The van der Waals surface area contributed by atoms with Crippen molar-refractivity contribution in [3.05, 3.63) is 28.3 Å². The van der Waals surface area contributed by atoms with Crippen molar-refractivity contribution < 1.29 is 23.2 Å². The quantitative estimate of drug-likeness (QED) is 0.587. The number of methoxy groups -OCH3 is 1. The van der Waals surface area contributed by atoms with Crippen LogP contribution in [0.4, 0.5) is 5.69 Å². The molecular formula is C12H16N2O6S. The Morgan fingerprint density at radius 3 is 2.62 bits per heavy atom. The van der Waals surface area contributed by atoms with E-state index in [1.54, 1.807) is 0 Å². The third kappa shape index (κ3) is 3.14. The molecule has 0 aromatic heterocycles. The first-order valence-corrected chi connectivity index (χ1v) is 7.81. The first-order valence-electron chi connectivity index (χ1n) is 6.37. The lowest BCUT2D eigenvalue weighted by Gasteiger charge is -2.20. The van der Waals surface area contributed by atoms with Crippen LogP contribution in [0.15, 0.2) is 23.1 Å². The predicted octanol–water partition coefficient (Wildman–Crippen LogP) is 0.749. The van der Waals surface area contributed by atoms with Gasteiger partial charge in [0.05, 0.1) is 24.7 Å². The molecule has 2 rings (SSSR count). The summed E-state index contributed by atoms with van der Waals surface area (Å²) in [6, 6.07) is 3.42. The van der Waals surface area contributed by atoms with Crippen molar-refractivity contribution >= 4 is 15.7 Å². The number of nitro benzene ring substituents is 1. The highest BCUT2D eigenvalue weighted by Crippen LogP contribution is 2.36. The fourth-order valence-electron chi connectivity index (χ4n) is 2.07. The number of rotatable bonds is 7. The second-order valence-electron chi connectivity index (χ2n) is 4.66. The third-order valence-electron chi connectivity index (χ3n) is 3.22. The number of sulfonamides is 1. The van der Waals surface area contributed by atoms with Crippen LogP contribution in [-0.2, 0) is 10.0 Å². The second-order valence-corrected chi connectivity index (χ2v) is 6.52. The normalized spacial score (nSPS) is 15.2. The summed E-state index contributed by atoms with van der Waals surface area (Å²) in [5.41, 5.74) is -0.530. The van der Waals surface area contributed by atoms with Crippen molar-refractivity contribution in [2.24, 2.45) is 0 Å². The largest absolute Gasteiger partial charge is 0.497 e. The molecule has 0 amide bonds. The van der Waals surface area contributed by atoms with Gasteiger partial charge in [-0.15, -0.1) is 0 Å². The average molecular weight is 316 g/mol. The van der Waals surface area contributed by atoms with Crippen molar-refractivity contribution in [1.82, 2.24) is 4.31 Å². The topological polar surface area (TPSA) is 110 Å². The van der Waals surface area contributed by atoms with Crippen LogP contribution in [0.2, 0.25) is 0 Å². The number of hydrogen-bond donors (Lipinski definition) is 1. The predicted molar refractivity (Wildman–Crippen MR) is 73.6 cm³/mol. The van der Waals surface area contributed by atoms with Crippen LogP contribution in [0.1, 0.15) is 12.8 Å². The smallest absolute Gasteiger partial charge is 0.293 e. The van der Waals surface area contributed by atoms with E-state index in [1.807, 2.05) is 0 Å². The van der Waals surface area contributed by atoms with E-state index in [2.05, 4.69) is 0 Å². The maximum absolute atomic E-state index is 12.6. The number of benzene rings is 1. The molecule has 0 atom stereocenters. The molecular weight excluding hydrogens is 300 g/mol. The van der Waals surface area contributed by atoms with E-state index in [9.17, 15) is 18.5 Å². The third-order valence-corrected chi connectivity index (χ3v) is 5.22. The Labute approximate surface area is 122 Å². The number of nitrogens with zero attached hydrogens (tertiary/aromatic N) is 2. The Morgan fingerprint density at radius 1 is 1.48 bits per heavy atom. The highest BCUT2D eigenvalue weighted by atomic mass is 32.2. The first-order chi connectivity index (χ1) is 9.91. The van der Waals surface area contributed by atoms with Crippen molar-refractivity contribution in [3.8, 4) is 5.75 Å². The lowest BCUT2D eigenvalue weighted by Crippen LogP contribution is -2.35. The van der Waals surface area contributed by atoms with Gasteiger partial charge in [0.15, 0.2) is 4.90 Å². The molecule has 0 aliphatic heterocycles. The van der Waals surface area contributed by atoms with Crippen LogP contribution in [0.3, 0.4) is 0 Å². The van der Waals surface area contributed by atoms with E-state index in [4.69, 9.17) is 9.84 Å². The Morgan fingerprint density at radius 2 is 2.14 bits per heavy atom. The molecule has 0 spiro atoms. The number of aliphatic hydroxyl groups excluding tert-OH is 1. The number of nitro groups is 1. The van der Waals surface area contributed by atoms with Gasteiger partial charge in [-0.1, -0.05) is 0 Å². The summed E-state index contributed by atoms with van der Waals surface area (Å²) in [5.74, 6) is 0.209. The fourth-order valence-corrected chi connectivity index (χ4v) is 3.89. The molecule has 116 valence electrons. The van der Waals surface area contributed by atoms with E-state index in [0.717, 1.165) is 10.4 Å². The number of aliphatic hydroxyl groups is 1. The van der Waals surface area contributed by atoms with E-state index in [1.165, 1.54) is 19.2 Å². The zero-order valence-corrected chi connectivity index (χ0v) is 12.2. The van der Waals surface area contributed by atoms with Gasteiger partial charge in [0.2, 0.25) is 10.0 Å². The molecule has 1 N–H and O–H groups in total. The molecule has 0 heterocycles. The minimum atomic E-state index is -4.02. The molecule has 0 unspecified atom stereocenters. The van der Waals surface area contributed by atoms with E-state index < -0.39 is 20.6 Å². The van der Waals surface area contributed by atoms with E-state index in [0.29, 0.717) is 12.8 Å². The lowest BCUT2D eigenvalue weighted by molar-refractivity contribution is -0.387. The maximum Gasteiger partial charge on any atom is 0.293 e. The van der Waals surface area contributed by atoms with Gasteiger partial charge in [-0.05, 0) is 25.0 Å². The summed E-state index contributed by atoms with van der Waals surface area (Å²) in [7, 11) is -2.68. The fraction of sp³-hybridized carbons (Fsp3) is 0.500. The molecule has 21 heavy (non-hydrogen) atoms. The molecule has 1 aromatic rings. The van der Waals surface area contributed by atoms with Crippen LogP contribution in [0.5, 0.6) is 5.75 Å². The highest BCUT2D eigenvalue weighted by Gasteiger charge is 2.40. The average Bonchev–Trinajstić information content (AvgIpc) is 3.28. The molecule has 1 aliphatic rings. The molecule has 0 saturated heterocycles. The van der Waals surface area contributed by atoms with Crippen molar-refractivity contribution in [2.75, 3.05) is 20.3 Å². The van der Waals surface area contributed by atoms with Gasteiger partial charge < -0.3 is 9.84 Å². The van der Waals surface area contributed by atoms with Crippen LogP contribution in [0, 0.1) is 10.1 Å². The van der Waals surface area contributed by atoms with Crippen molar-refractivity contribution in [1.29, 1.82) is 0 Å². The Bertz CT molecular complexity index is 641. The van der Waals surface area contributed by atoms with Crippen LogP contribution >= 0.6 is 0 Å². The molecule has 8 nitrogen and oxygen atoms in total. The summed E-state index contributed by atoms with van der Waals surface area (Å²) in [5, 5.41) is 20.1. The Hall–Kier alpha value is -1.71. The van der Waals surface area contributed by atoms with Gasteiger partial charge in [0.1, 0.15) is 5.75 Å². The standard InChI is InChI=1S/C12H16N2O6S/c1-20-10-4-5-12(11(8-10)14(16)17)21(18,19)13(6-7-15)9-2-3-9/h4-5,8-9,15H,2-3,6-7H2,1H3. The Balaban J connectivity index is 2.50. The molecule has 1 aromatic carbocycles. The number of hydrogen-bond acceptors (Lipinski definition) is 6. The van der Waals surface area contributed by atoms with Gasteiger partial charge in [-0.25, -0.2) is 8.42 Å². The highest BCUT2D eigenvalue weighted by molar-refractivity contribution is 7.89. The molecule has 0 radical (unpaired) electrons. The zero-order valence-electron chi connectivity index (χ0n) is 11.4. The summed E-state index contributed by atoms with van der Waals surface area (Å²) in [6.45, 7) is -0.407. The minimum absolute atomic E-state index is 0.0732. The van der Waals surface area contributed by atoms with Gasteiger partial charge in [0.25, 0.3) is 5.69 Å². The molecule has 1 saturated carbocycles. The molecule has 1 fully saturated rings. The molecule has 0 bridgehead atoms. The van der Waals surface area contributed by atoms with Crippen LogP contribution < -0.4 is 4.74 Å². The van der Waals surface area contributed by atoms with Gasteiger partial charge in [0, 0.05) is 12.6 Å². The summed E-state index contributed by atoms with van der Waals surface area (Å²) < 4.78 is 31.2. The molecule has 1 aliphatic carbocycles. The first kappa shape index (κ1) is 15.7. The molecule has 9 heteroatoms. The maximum atomic E-state index is 12.6. The lowest BCUT2D eigenvalue weighted by atomic mass is 10.3. The van der Waals surface area contributed by atoms with E-state index in [-0.39, 0.29) is 29.8 Å². The Kier molecular flexibility index (Phi) is 4.45. The number of ether oxygens (including phenoxy) is 1. The van der Waals surface area contributed by atoms with Crippen LogP contribution in [-0.4, -0.2) is 49.1 Å². The van der Waals surface area contributed by atoms with Crippen molar-refractivity contribution in [3.63, 3.8) is 0 Å². The zero-order chi connectivity index (χ0) is 15.6. The van der Waals surface area contributed by atoms with Gasteiger partial charge in [-0.3, -0.25) is 10.1 Å². The minimum Gasteiger partial charge on any atom is -0.497 e. The van der Waals surface area contributed by atoms with Crippen molar-refractivity contribution in [2.45, 2.75) is 23.8 Å². The van der Waals surface area contributed by atoms with E-state index >= 15 is 0 Å².